The first-order chi connectivity index (χ1) is 10.9. The molecule has 23 heavy (non-hydrogen) atoms. The summed E-state index contributed by atoms with van der Waals surface area (Å²) in [5, 5.41) is 0. The molecule has 1 aliphatic heterocycles. The highest BCUT2D eigenvalue weighted by Gasteiger charge is 2.25. The third-order valence-corrected chi connectivity index (χ3v) is 3.96. The lowest BCUT2D eigenvalue weighted by atomic mass is 10.1. The Morgan fingerprint density at radius 2 is 1.61 bits per heavy atom. The Morgan fingerprint density at radius 3 is 2.13 bits per heavy atom. The van der Waals surface area contributed by atoms with Crippen molar-refractivity contribution in [1.82, 2.24) is 9.80 Å². The van der Waals surface area contributed by atoms with Gasteiger partial charge in [0.05, 0.1) is 0 Å². The van der Waals surface area contributed by atoms with Crippen molar-refractivity contribution >= 4 is 6.09 Å². The standard InChI is InChI=1S/C17H34N2O4/c1-17(2,3)23-16(20)19-13-11-18(12-14-19)10-8-6-7-9-15(21-4)22-5/h15H,6-14H2,1-5H3. The Kier molecular flexibility index (Phi) is 8.87. The zero-order chi connectivity index (χ0) is 17.3. The van der Waals surface area contributed by atoms with E-state index >= 15 is 0 Å². The van der Waals surface area contributed by atoms with Crippen molar-refractivity contribution in [3.05, 3.63) is 0 Å². The Morgan fingerprint density at radius 1 is 1.00 bits per heavy atom. The van der Waals surface area contributed by atoms with E-state index in [2.05, 4.69) is 4.90 Å². The van der Waals surface area contributed by atoms with E-state index in [4.69, 9.17) is 14.2 Å². The van der Waals surface area contributed by atoms with E-state index in [-0.39, 0.29) is 12.4 Å². The third-order valence-electron chi connectivity index (χ3n) is 3.96. The van der Waals surface area contributed by atoms with Crippen LogP contribution in [0.15, 0.2) is 0 Å². The summed E-state index contributed by atoms with van der Waals surface area (Å²) in [6, 6.07) is 0. The molecule has 6 heteroatoms. The van der Waals surface area contributed by atoms with Gasteiger partial charge in [0, 0.05) is 40.4 Å². The second-order valence-corrected chi connectivity index (χ2v) is 7.06. The molecule has 0 atom stereocenters. The average molecular weight is 330 g/mol. The Labute approximate surface area is 141 Å². The number of amides is 1. The number of unbranched alkanes of at least 4 members (excludes halogenated alkanes) is 2. The fourth-order valence-electron chi connectivity index (χ4n) is 2.64. The lowest BCUT2D eigenvalue weighted by molar-refractivity contribution is -0.107. The molecule has 0 aliphatic carbocycles. The molecule has 6 nitrogen and oxygen atoms in total. The van der Waals surface area contributed by atoms with Gasteiger partial charge >= 0.3 is 6.09 Å². The molecule has 1 heterocycles. The van der Waals surface area contributed by atoms with Crippen molar-refractivity contribution in [1.29, 1.82) is 0 Å². The molecule has 0 radical (unpaired) electrons. The number of hydrogen-bond donors (Lipinski definition) is 0. The van der Waals surface area contributed by atoms with Crippen LogP contribution in [0, 0.1) is 0 Å². The molecule has 0 aromatic heterocycles. The molecule has 0 saturated carbocycles. The molecule has 0 unspecified atom stereocenters. The summed E-state index contributed by atoms with van der Waals surface area (Å²) in [5.74, 6) is 0. The molecule has 0 aromatic carbocycles. The summed E-state index contributed by atoms with van der Waals surface area (Å²) in [5.41, 5.74) is -0.420. The predicted octanol–water partition coefficient (Wildman–Crippen LogP) is 2.72. The second kappa shape index (κ2) is 10.1. The maximum Gasteiger partial charge on any atom is 0.410 e. The maximum absolute atomic E-state index is 12.0. The number of nitrogens with zero attached hydrogens (tertiary/aromatic N) is 2. The summed E-state index contributed by atoms with van der Waals surface area (Å²) in [7, 11) is 3.36. The van der Waals surface area contributed by atoms with Crippen molar-refractivity contribution in [2.75, 3.05) is 46.9 Å². The van der Waals surface area contributed by atoms with Crippen LogP contribution >= 0.6 is 0 Å². The number of carbonyl (C=O) groups is 1. The number of carbonyl (C=O) groups excluding carboxylic acids is 1. The average Bonchev–Trinajstić information content (AvgIpc) is 2.50. The molecule has 0 spiro atoms. The highest BCUT2D eigenvalue weighted by molar-refractivity contribution is 5.68. The van der Waals surface area contributed by atoms with Crippen LogP contribution in [0.25, 0.3) is 0 Å². The van der Waals surface area contributed by atoms with Gasteiger partial charge in [0.25, 0.3) is 0 Å². The van der Waals surface area contributed by atoms with Gasteiger partial charge in [-0.05, 0) is 46.6 Å². The minimum Gasteiger partial charge on any atom is -0.444 e. The minimum absolute atomic E-state index is 0.0765. The monoisotopic (exact) mass is 330 g/mol. The van der Waals surface area contributed by atoms with E-state index < -0.39 is 5.60 Å². The number of rotatable bonds is 8. The van der Waals surface area contributed by atoms with Crippen molar-refractivity contribution in [2.24, 2.45) is 0 Å². The van der Waals surface area contributed by atoms with Gasteiger partial charge in [-0.1, -0.05) is 6.42 Å². The van der Waals surface area contributed by atoms with Crippen molar-refractivity contribution < 1.29 is 19.0 Å². The van der Waals surface area contributed by atoms with Gasteiger partial charge < -0.3 is 19.1 Å². The van der Waals surface area contributed by atoms with Crippen molar-refractivity contribution in [3.63, 3.8) is 0 Å². The zero-order valence-corrected chi connectivity index (χ0v) is 15.5. The molecular weight excluding hydrogens is 296 g/mol. The van der Waals surface area contributed by atoms with E-state index in [1.807, 2.05) is 25.7 Å². The van der Waals surface area contributed by atoms with Crippen LogP contribution in [0.2, 0.25) is 0 Å². The van der Waals surface area contributed by atoms with Crippen LogP contribution < -0.4 is 0 Å². The van der Waals surface area contributed by atoms with Crippen LogP contribution in [0.3, 0.4) is 0 Å². The number of methoxy groups -OCH3 is 2. The van der Waals surface area contributed by atoms with Gasteiger partial charge in [-0.25, -0.2) is 4.79 Å². The molecular formula is C17H34N2O4. The Hall–Kier alpha value is -0.850. The van der Waals surface area contributed by atoms with Crippen molar-refractivity contribution in [2.45, 2.75) is 58.3 Å². The lowest BCUT2D eigenvalue weighted by Gasteiger charge is -2.35. The lowest BCUT2D eigenvalue weighted by Crippen LogP contribution is -2.50. The van der Waals surface area contributed by atoms with Crippen molar-refractivity contribution in [3.8, 4) is 0 Å². The first kappa shape index (κ1) is 20.2. The normalized spacial score (nSPS) is 16.9. The maximum atomic E-state index is 12.0. The van der Waals surface area contributed by atoms with E-state index in [9.17, 15) is 4.79 Å². The smallest absolute Gasteiger partial charge is 0.410 e. The fourth-order valence-corrected chi connectivity index (χ4v) is 2.64. The van der Waals surface area contributed by atoms with Gasteiger partial charge in [-0.15, -0.1) is 0 Å². The number of piperazine rings is 1. The largest absolute Gasteiger partial charge is 0.444 e. The highest BCUT2D eigenvalue weighted by atomic mass is 16.7. The molecule has 0 aromatic rings. The highest BCUT2D eigenvalue weighted by Crippen LogP contribution is 2.13. The van der Waals surface area contributed by atoms with Gasteiger partial charge in [-0.3, -0.25) is 4.90 Å². The van der Waals surface area contributed by atoms with Gasteiger partial charge in [0.1, 0.15) is 5.60 Å². The molecule has 0 N–H and O–H groups in total. The first-order valence-electron chi connectivity index (χ1n) is 8.61. The van der Waals surface area contributed by atoms with Crippen LogP contribution in [0.1, 0.15) is 46.5 Å². The summed E-state index contributed by atoms with van der Waals surface area (Å²) in [6.07, 6.45) is 4.14. The summed E-state index contributed by atoms with van der Waals surface area (Å²) < 4.78 is 15.8. The van der Waals surface area contributed by atoms with E-state index in [0.29, 0.717) is 0 Å². The minimum atomic E-state index is -0.420. The molecule has 1 fully saturated rings. The van der Waals surface area contributed by atoms with Crippen LogP contribution in [-0.4, -0.2) is 74.7 Å². The zero-order valence-electron chi connectivity index (χ0n) is 15.5. The molecule has 1 rings (SSSR count). The first-order valence-corrected chi connectivity index (χ1v) is 8.61. The molecule has 0 bridgehead atoms. The third kappa shape index (κ3) is 8.53. The SMILES string of the molecule is COC(CCCCCN1CCN(C(=O)OC(C)(C)C)CC1)OC. The van der Waals surface area contributed by atoms with E-state index in [1.165, 1.54) is 12.8 Å². The summed E-state index contributed by atoms with van der Waals surface area (Å²) in [6.45, 7) is 10.2. The van der Waals surface area contributed by atoms with Gasteiger partial charge in [0.2, 0.25) is 0 Å². The number of ether oxygens (including phenoxy) is 3. The Balaban J connectivity index is 2.11. The van der Waals surface area contributed by atoms with Crippen LogP contribution in [0.5, 0.6) is 0 Å². The van der Waals surface area contributed by atoms with Gasteiger partial charge in [-0.2, -0.15) is 0 Å². The molecule has 1 amide bonds. The summed E-state index contributed by atoms with van der Waals surface area (Å²) >= 11 is 0. The molecule has 1 saturated heterocycles. The van der Waals surface area contributed by atoms with Crippen LogP contribution in [0.4, 0.5) is 4.79 Å². The fraction of sp³-hybridized carbons (Fsp3) is 0.941. The van der Waals surface area contributed by atoms with Crippen LogP contribution in [-0.2, 0) is 14.2 Å². The number of hydrogen-bond acceptors (Lipinski definition) is 5. The topological polar surface area (TPSA) is 51.2 Å². The molecule has 1 aliphatic rings. The predicted molar refractivity (Wildman–Crippen MR) is 90.5 cm³/mol. The molecule has 136 valence electrons. The van der Waals surface area contributed by atoms with Gasteiger partial charge in [0.15, 0.2) is 6.29 Å². The van der Waals surface area contributed by atoms with E-state index in [0.717, 1.165) is 45.6 Å². The summed E-state index contributed by atoms with van der Waals surface area (Å²) in [4.78, 5) is 16.2. The quantitative estimate of drug-likeness (QED) is 0.506. The van der Waals surface area contributed by atoms with E-state index in [1.54, 1.807) is 14.2 Å². The Bertz CT molecular complexity index is 332. The second-order valence-electron chi connectivity index (χ2n) is 7.06.